The Morgan fingerprint density at radius 2 is 2.36 bits per heavy atom. The van der Waals surface area contributed by atoms with Crippen molar-refractivity contribution in [2.75, 3.05) is 32.8 Å². The average molecular weight is 201 g/mol. The fraction of sp³-hybridized carbons (Fsp3) is 0.778. The number of aliphatic imine (C=N–C) groups is 1. The van der Waals surface area contributed by atoms with Crippen LogP contribution in [-0.2, 0) is 4.79 Å². The van der Waals surface area contributed by atoms with Gasteiger partial charge in [-0.3, -0.25) is 4.48 Å². The summed E-state index contributed by atoms with van der Waals surface area (Å²) in [5, 5.41) is 17.8. The minimum absolute atomic E-state index is 0.00625. The maximum absolute atomic E-state index is 10.7. The van der Waals surface area contributed by atoms with Gasteiger partial charge in [0.1, 0.15) is 13.1 Å². The summed E-state index contributed by atoms with van der Waals surface area (Å²) in [5.74, 6) is 0.0722. The molecular weight excluding hydrogens is 184 g/mol. The predicted molar refractivity (Wildman–Crippen MR) is 52.2 cm³/mol. The van der Waals surface area contributed by atoms with Gasteiger partial charge in [-0.15, -0.1) is 0 Å². The van der Waals surface area contributed by atoms with Gasteiger partial charge in [0.15, 0.2) is 12.4 Å². The number of nitrogens with zero attached hydrogens (tertiary/aromatic N) is 2. The number of carboxylic acid groups (broad SMARTS) is 1. The lowest BCUT2D eigenvalue weighted by atomic mass is 10.3. The number of aliphatic hydroxyl groups is 1. The Kier molecular flexibility index (Phi) is 3.60. The van der Waals surface area contributed by atoms with E-state index in [0.717, 1.165) is 12.3 Å². The first-order chi connectivity index (χ1) is 6.64. The Hall–Kier alpha value is -0.940. The van der Waals surface area contributed by atoms with Crippen molar-refractivity contribution < 1.29 is 19.5 Å². The van der Waals surface area contributed by atoms with Gasteiger partial charge in [0.2, 0.25) is 0 Å². The van der Waals surface area contributed by atoms with Crippen LogP contribution in [-0.4, -0.2) is 59.3 Å². The van der Waals surface area contributed by atoms with Crippen molar-refractivity contribution in [1.82, 2.24) is 0 Å². The standard InChI is InChI=1S/C9H16N2O3/c1-2-8-10-3-4-11(8,5-6-12)7-9(13)14/h12H,2-7H2,1H3/p+1. The molecule has 0 aromatic rings. The first-order valence-corrected chi connectivity index (χ1v) is 4.87. The van der Waals surface area contributed by atoms with Gasteiger partial charge in [-0.1, -0.05) is 6.92 Å². The Morgan fingerprint density at radius 1 is 1.64 bits per heavy atom. The van der Waals surface area contributed by atoms with Crippen LogP contribution in [0.25, 0.3) is 0 Å². The van der Waals surface area contributed by atoms with E-state index in [1.165, 1.54) is 0 Å². The third-order valence-corrected chi connectivity index (χ3v) is 2.65. The van der Waals surface area contributed by atoms with Crippen LogP contribution in [0.4, 0.5) is 0 Å². The monoisotopic (exact) mass is 201 g/mol. The molecule has 0 aromatic carbocycles. The zero-order valence-corrected chi connectivity index (χ0v) is 8.44. The summed E-state index contributed by atoms with van der Waals surface area (Å²) in [7, 11) is 0. The van der Waals surface area contributed by atoms with E-state index in [2.05, 4.69) is 4.99 Å². The molecule has 80 valence electrons. The smallest absolute Gasteiger partial charge is 0.359 e. The molecule has 0 radical (unpaired) electrons. The van der Waals surface area contributed by atoms with Crippen LogP contribution >= 0.6 is 0 Å². The van der Waals surface area contributed by atoms with Crippen LogP contribution in [0, 0.1) is 0 Å². The number of aliphatic carboxylic acids is 1. The van der Waals surface area contributed by atoms with Crippen LogP contribution in [0.1, 0.15) is 13.3 Å². The highest BCUT2D eigenvalue weighted by Crippen LogP contribution is 2.16. The maximum atomic E-state index is 10.7. The normalized spacial score (nSPS) is 26.3. The van der Waals surface area contributed by atoms with E-state index in [1.54, 1.807) is 0 Å². The molecule has 1 unspecified atom stereocenters. The van der Waals surface area contributed by atoms with Crippen molar-refractivity contribution in [1.29, 1.82) is 0 Å². The molecule has 1 heterocycles. The lowest BCUT2D eigenvalue weighted by Crippen LogP contribution is -2.55. The molecule has 0 bridgehead atoms. The maximum Gasteiger partial charge on any atom is 0.359 e. The van der Waals surface area contributed by atoms with Gasteiger partial charge in [0, 0.05) is 6.42 Å². The Morgan fingerprint density at radius 3 is 2.86 bits per heavy atom. The topological polar surface area (TPSA) is 69.9 Å². The quantitative estimate of drug-likeness (QED) is 0.600. The molecule has 2 N–H and O–H groups in total. The summed E-state index contributed by atoms with van der Waals surface area (Å²) in [4.78, 5) is 15.0. The summed E-state index contributed by atoms with van der Waals surface area (Å²) >= 11 is 0. The highest BCUT2D eigenvalue weighted by Gasteiger charge is 2.38. The highest BCUT2D eigenvalue weighted by atomic mass is 16.4. The summed E-state index contributed by atoms with van der Waals surface area (Å²) < 4.78 is 0.336. The summed E-state index contributed by atoms with van der Waals surface area (Å²) in [6.07, 6.45) is 0.757. The molecule has 14 heavy (non-hydrogen) atoms. The van der Waals surface area contributed by atoms with Gasteiger partial charge in [0.05, 0.1) is 13.2 Å². The third kappa shape index (κ3) is 2.10. The Labute approximate surface area is 83.3 Å². The second-order valence-corrected chi connectivity index (χ2v) is 3.52. The molecule has 0 fully saturated rings. The third-order valence-electron chi connectivity index (χ3n) is 2.65. The SMILES string of the molecule is CCC1=NCC[N+]1(CCO)CC(=O)O. The van der Waals surface area contributed by atoms with Gasteiger partial charge >= 0.3 is 5.97 Å². The number of quaternary nitrogens is 1. The zero-order valence-electron chi connectivity index (χ0n) is 8.44. The van der Waals surface area contributed by atoms with E-state index in [0.29, 0.717) is 24.1 Å². The highest BCUT2D eigenvalue weighted by molar-refractivity contribution is 5.79. The van der Waals surface area contributed by atoms with E-state index in [1.807, 2.05) is 6.92 Å². The van der Waals surface area contributed by atoms with Crippen molar-refractivity contribution >= 4 is 11.8 Å². The fourth-order valence-electron chi connectivity index (χ4n) is 2.04. The molecule has 0 spiro atoms. The molecule has 0 saturated heterocycles. The van der Waals surface area contributed by atoms with Gasteiger partial charge in [0.25, 0.3) is 0 Å². The number of aliphatic hydroxyl groups excluding tert-OH is 1. The van der Waals surface area contributed by atoms with Crippen LogP contribution in [0.5, 0.6) is 0 Å². The minimum Gasteiger partial charge on any atom is -0.477 e. The van der Waals surface area contributed by atoms with Crippen molar-refractivity contribution in [3.8, 4) is 0 Å². The van der Waals surface area contributed by atoms with Gasteiger partial charge in [-0.25, -0.2) is 9.79 Å². The predicted octanol–water partition coefficient (Wildman–Crippen LogP) is -0.298. The fourth-order valence-corrected chi connectivity index (χ4v) is 2.04. The van der Waals surface area contributed by atoms with Gasteiger partial charge in [-0.05, 0) is 0 Å². The summed E-state index contributed by atoms with van der Waals surface area (Å²) in [6.45, 7) is 3.85. The largest absolute Gasteiger partial charge is 0.477 e. The molecule has 0 aromatic heterocycles. The molecule has 1 atom stereocenters. The lowest BCUT2D eigenvalue weighted by molar-refractivity contribution is -0.829. The lowest BCUT2D eigenvalue weighted by Gasteiger charge is -2.32. The van der Waals surface area contributed by atoms with E-state index in [4.69, 9.17) is 10.2 Å². The van der Waals surface area contributed by atoms with Crippen molar-refractivity contribution in [2.45, 2.75) is 13.3 Å². The summed E-state index contributed by atoms with van der Waals surface area (Å²) in [5.41, 5.74) is 0. The van der Waals surface area contributed by atoms with Crippen molar-refractivity contribution in [3.63, 3.8) is 0 Å². The van der Waals surface area contributed by atoms with Crippen LogP contribution in [0.2, 0.25) is 0 Å². The van der Waals surface area contributed by atoms with Gasteiger partial charge < -0.3 is 10.2 Å². The van der Waals surface area contributed by atoms with E-state index in [9.17, 15) is 4.79 Å². The van der Waals surface area contributed by atoms with E-state index in [-0.39, 0.29) is 13.2 Å². The molecule has 5 heteroatoms. The molecule has 0 saturated carbocycles. The van der Waals surface area contributed by atoms with Crippen LogP contribution in [0.15, 0.2) is 4.99 Å². The number of hydrogen-bond acceptors (Lipinski definition) is 3. The molecule has 0 aliphatic carbocycles. The number of carbonyl (C=O) groups is 1. The number of amidine groups is 1. The molecule has 5 nitrogen and oxygen atoms in total. The molecular formula is C9H17N2O3+. The van der Waals surface area contributed by atoms with E-state index >= 15 is 0 Å². The second kappa shape index (κ2) is 4.52. The zero-order chi connectivity index (χ0) is 10.6. The van der Waals surface area contributed by atoms with Crippen LogP contribution < -0.4 is 0 Å². The second-order valence-electron chi connectivity index (χ2n) is 3.52. The Bertz CT molecular complexity index is 252. The first-order valence-electron chi connectivity index (χ1n) is 4.87. The van der Waals surface area contributed by atoms with Gasteiger partial charge in [-0.2, -0.15) is 0 Å². The summed E-state index contributed by atoms with van der Waals surface area (Å²) in [6, 6.07) is 0. The molecule has 1 aliphatic heterocycles. The van der Waals surface area contributed by atoms with E-state index < -0.39 is 5.97 Å². The average Bonchev–Trinajstić information content (AvgIpc) is 2.47. The molecule has 0 amide bonds. The molecule has 1 rings (SSSR count). The number of carboxylic acids is 1. The number of hydrogen-bond donors (Lipinski definition) is 2. The Balaban J connectivity index is 2.81. The van der Waals surface area contributed by atoms with Crippen molar-refractivity contribution in [2.24, 2.45) is 4.99 Å². The van der Waals surface area contributed by atoms with Crippen molar-refractivity contribution in [3.05, 3.63) is 0 Å². The van der Waals surface area contributed by atoms with Crippen LogP contribution in [0.3, 0.4) is 0 Å². The minimum atomic E-state index is -0.832. The molecule has 1 aliphatic rings. The first kappa shape index (κ1) is 11.1. The number of rotatable bonds is 5.